The van der Waals surface area contributed by atoms with Crippen molar-refractivity contribution in [1.29, 1.82) is 0 Å². The molecule has 0 amide bonds. The highest BCUT2D eigenvalue weighted by Gasteiger charge is 2.11. The minimum Gasteiger partial charge on any atom is -0.310 e. The van der Waals surface area contributed by atoms with Crippen molar-refractivity contribution in [2.75, 3.05) is 6.54 Å². The van der Waals surface area contributed by atoms with Crippen LogP contribution < -0.4 is 5.32 Å². The first-order valence-corrected chi connectivity index (χ1v) is 7.81. The Morgan fingerprint density at radius 3 is 2.88 bits per heavy atom. The van der Waals surface area contributed by atoms with Gasteiger partial charge in [-0.1, -0.05) is 19.1 Å². The Balaban J connectivity index is 2.16. The largest absolute Gasteiger partial charge is 0.310 e. The molecular formula is C14H16INS. The maximum atomic E-state index is 3.57. The van der Waals surface area contributed by atoms with Crippen LogP contribution in [0.2, 0.25) is 0 Å². The Bertz CT molecular complexity index is 453. The summed E-state index contributed by atoms with van der Waals surface area (Å²) in [6, 6.07) is 11.4. The molecule has 0 aliphatic carbocycles. The molecule has 1 aromatic heterocycles. The van der Waals surface area contributed by atoms with Gasteiger partial charge in [0.15, 0.2) is 0 Å². The molecule has 0 fully saturated rings. The number of nitrogens with one attached hydrogen (secondary N) is 1. The van der Waals surface area contributed by atoms with E-state index in [4.69, 9.17) is 0 Å². The van der Waals surface area contributed by atoms with Crippen molar-refractivity contribution in [1.82, 2.24) is 5.32 Å². The van der Waals surface area contributed by atoms with Gasteiger partial charge < -0.3 is 5.32 Å². The molecule has 2 rings (SSSR count). The van der Waals surface area contributed by atoms with Crippen LogP contribution >= 0.6 is 33.9 Å². The van der Waals surface area contributed by atoms with Crippen molar-refractivity contribution in [3.63, 3.8) is 0 Å². The van der Waals surface area contributed by atoms with E-state index in [1.165, 1.54) is 14.7 Å². The second-order valence-corrected chi connectivity index (χ2v) is 6.03. The van der Waals surface area contributed by atoms with Crippen LogP contribution in [0.1, 0.15) is 24.1 Å². The molecule has 0 saturated heterocycles. The lowest BCUT2D eigenvalue weighted by molar-refractivity contribution is 0.550. The number of rotatable bonds is 5. The van der Waals surface area contributed by atoms with Crippen molar-refractivity contribution in [3.05, 3.63) is 55.8 Å². The van der Waals surface area contributed by atoms with Crippen molar-refractivity contribution >= 4 is 33.9 Å². The Kier molecular flexibility index (Phi) is 5.00. The summed E-state index contributed by atoms with van der Waals surface area (Å²) in [4.78, 5) is 0. The van der Waals surface area contributed by atoms with Gasteiger partial charge in [0.2, 0.25) is 0 Å². The van der Waals surface area contributed by atoms with Gasteiger partial charge in [-0.25, -0.2) is 0 Å². The molecule has 0 saturated carbocycles. The predicted molar refractivity (Wildman–Crippen MR) is 83.6 cm³/mol. The minimum atomic E-state index is 0.421. The fourth-order valence-electron chi connectivity index (χ4n) is 1.92. The maximum absolute atomic E-state index is 3.57. The molecule has 1 atom stereocenters. The van der Waals surface area contributed by atoms with Gasteiger partial charge in [-0.2, -0.15) is 11.3 Å². The number of benzene rings is 1. The molecule has 90 valence electrons. The third-order valence-electron chi connectivity index (χ3n) is 2.72. The van der Waals surface area contributed by atoms with Crippen LogP contribution in [0.3, 0.4) is 0 Å². The highest BCUT2D eigenvalue weighted by molar-refractivity contribution is 14.1. The lowest BCUT2D eigenvalue weighted by Gasteiger charge is -2.18. The van der Waals surface area contributed by atoms with Gasteiger partial charge in [0, 0.05) is 9.61 Å². The van der Waals surface area contributed by atoms with Crippen LogP contribution in [0, 0.1) is 3.57 Å². The summed E-state index contributed by atoms with van der Waals surface area (Å²) < 4.78 is 1.30. The molecule has 0 bridgehead atoms. The first-order valence-electron chi connectivity index (χ1n) is 5.79. The van der Waals surface area contributed by atoms with Gasteiger partial charge in [0.25, 0.3) is 0 Å². The molecule has 2 aromatic rings. The van der Waals surface area contributed by atoms with Gasteiger partial charge in [-0.05, 0) is 75.6 Å². The highest BCUT2D eigenvalue weighted by atomic mass is 127. The summed E-state index contributed by atoms with van der Waals surface area (Å²) in [6.07, 6.45) is 1.07. The molecule has 1 nitrogen and oxygen atoms in total. The maximum Gasteiger partial charge on any atom is 0.0361 e. The minimum absolute atomic E-state index is 0.421. The monoisotopic (exact) mass is 357 g/mol. The van der Waals surface area contributed by atoms with Crippen LogP contribution in [0.4, 0.5) is 0 Å². The number of thiophene rings is 1. The van der Waals surface area contributed by atoms with Gasteiger partial charge in [0.1, 0.15) is 0 Å². The zero-order chi connectivity index (χ0) is 12.1. The fraction of sp³-hybridized carbons (Fsp3) is 0.286. The smallest absolute Gasteiger partial charge is 0.0361 e. The molecule has 1 unspecified atom stereocenters. The van der Waals surface area contributed by atoms with Crippen molar-refractivity contribution in [2.45, 2.75) is 19.4 Å². The topological polar surface area (TPSA) is 12.0 Å². The summed E-state index contributed by atoms with van der Waals surface area (Å²) in [6.45, 7) is 3.16. The molecule has 17 heavy (non-hydrogen) atoms. The molecular weight excluding hydrogens is 341 g/mol. The fourth-order valence-corrected chi connectivity index (χ4v) is 3.17. The van der Waals surface area contributed by atoms with Gasteiger partial charge in [0.05, 0.1) is 0 Å². The van der Waals surface area contributed by atoms with Crippen LogP contribution in [0.5, 0.6) is 0 Å². The first kappa shape index (κ1) is 13.1. The second-order valence-electron chi connectivity index (χ2n) is 4.00. The summed E-state index contributed by atoms with van der Waals surface area (Å²) in [5.41, 5.74) is 2.80. The average molecular weight is 357 g/mol. The Morgan fingerprint density at radius 2 is 2.24 bits per heavy atom. The molecule has 1 aromatic carbocycles. The summed E-state index contributed by atoms with van der Waals surface area (Å²) >= 11 is 4.14. The predicted octanol–water partition coefficient (Wildman–Crippen LogP) is 4.25. The van der Waals surface area contributed by atoms with Crippen molar-refractivity contribution in [3.8, 4) is 0 Å². The molecule has 0 aliphatic rings. The first-order chi connectivity index (χ1) is 8.29. The zero-order valence-electron chi connectivity index (χ0n) is 9.82. The van der Waals surface area contributed by atoms with E-state index in [0.717, 1.165) is 13.0 Å². The highest BCUT2D eigenvalue weighted by Crippen LogP contribution is 2.21. The Labute approximate surface area is 120 Å². The SMILES string of the molecule is CCNC(Cc1ccsc1)c1cccc(I)c1. The number of hydrogen-bond acceptors (Lipinski definition) is 2. The molecule has 1 heterocycles. The van der Waals surface area contributed by atoms with E-state index < -0.39 is 0 Å². The van der Waals surface area contributed by atoms with E-state index in [-0.39, 0.29) is 0 Å². The number of halogens is 1. The second kappa shape index (κ2) is 6.52. The Hall–Kier alpha value is -0.390. The van der Waals surface area contributed by atoms with Gasteiger partial charge in [-0.15, -0.1) is 0 Å². The van der Waals surface area contributed by atoms with E-state index in [2.05, 4.69) is 75.9 Å². The number of likely N-dealkylation sites (N-methyl/N-ethyl adjacent to an activating group) is 1. The molecule has 0 spiro atoms. The molecule has 0 radical (unpaired) electrons. The van der Waals surface area contributed by atoms with E-state index in [1.807, 2.05) is 0 Å². The van der Waals surface area contributed by atoms with Gasteiger partial charge >= 0.3 is 0 Å². The Morgan fingerprint density at radius 1 is 1.35 bits per heavy atom. The quantitative estimate of drug-likeness (QED) is 0.789. The van der Waals surface area contributed by atoms with Crippen molar-refractivity contribution < 1.29 is 0 Å². The summed E-state index contributed by atoms with van der Waals surface area (Å²) in [5.74, 6) is 0. The van der Waals surface area contributed by atoms with E-state index in [0.29, 0.717) is 6.04 Å². The van der Waals surface area contributed by atoms with Crippen LogP contribution in [-0.2, 0) is 6.42 Å². The van der Waals surface area contributed by atoms with Crippen LogP contribution in [0.15, 0.2) is 41.1 Å². The third-order valence-corrected chi connectivity index (χ3v) is 4.12. The van der Waals surface area contributed by atoms with Gasteiger partial charge in [-0.3, -0.25) is 0 Å². The average Bonchev–Trinajstić information content (AvgIpc) is 2.81. The van der Waals surface area contributed by atoms with Crippen LogP contribution in [0.25, 0.3) is 0 Å². The van der Waals surface area contributed by atoms with E-state index in [9.17, 15) is 0 Å². The van der Waals surface area contributed by atoms with E-state index >= 15 is 0 Å². The van der Waals surface area contributed by atoms with Crippen molar-refractivity contribution in [2.24, 2.45) is 0 Å². The normalized spacial score (nSPS) is 12.6. The number of hydrogen-bond donors (Lipinski definition) is 1. The summed E-state index contributed by atoms with van der Waals surface area (Å²) in [7, 11) is 0. The van der Waals surface area contributed by atoms with E-state index in [1.54, 1.807) is 11.3 Å². The molecule has 3 heteroatoms. The zero-order valence-corrected chi connectivity index (χ0v) is 12.8. The third kappa shape index (κ3) is 3.79. The van der Waals surface area contributed by atoms with Crippen LogP contribution in [-0.4, -0.2) is 6.54 Å². The lowest BCUT2D eigenvalue weighted by Crippen LogP contribution is -2.22. The molecule has 1 N–H and O–H groups in total. The standard InChI is InChI=1S/C14H16INS/c1-2-16-14(8-11-6-7-17-10-11)12-4-3-5-13(15)9-12/h3-7,9-10,14,16H,2,8H2,1H3. The lowest BCUT2D eigenvalue weighted by atomic mass is 10.0. The molecule has 0 aliphatic heterocycles. The summed E-state index contributed by atoms with van der Waals surface area (Å²) in [5, 5.41) is 7.95.